The van der Waals surface area contributed by atoms with Gasteiger partial charge >= 0.3 is 0 Å². The molecule has 0 fully saturated rings. The first kappa shape index (κ1) is 13.9. The molecule has 108 valence electrons. The Morgan fingerprint density at radius 3 is 2.62 bits per heavy atom. The zero-order valence-electron chi connectivity index (χ0n) is 11.5. The van der Waals surface area contributed by atoms with E-state index in [4.69, 9.17) is 16.3 Å². The van der Waals surface area contributed by atoms with Crippen LogP contribution in [0.2, 0.25) is 5.02 Å². The molecule has 0 bridgehead atoms. The first-order valence-corrected chi connectivity index (χ1v) is 7.17. The molecule has 1 atom stereocenters. The van der Waals surface area contributed by atoms with E-state index >= 15 is 0 Å². The molecule has 2 aromatic carbocycles. The molecule has 3 rings (SSSR count). The Hall–Kier alpha value is -2.04. The van der Waals surface area contributed by atoms with Gasteiger partial charge in [-0.15, -0.1) is 0 Å². The number of carbonyl (C=O) groups is 1. The van der Waals surface area contributed by atoms with E-state index in [0.717, 1.165) is 17.8 Å². The molecule has 0 spiro atoms. The van der Waals surface area contributed by atoms with Crippen LogP contribution in [0.15, 0.2) is 42.5 Å². The van der Waals surface area contributed by atoms with Crippen LogP contribution in [0.4, 0.5) is 5.69 Å². The predicted octanol–water partition coefficient (Wildman–Crippen LogP) is 3.74. The van der Waals surface area contributed by atoms with Gasteiger partial charge in [0.05, 0.1) is 0 Å². The van der Waals surface area contributed by atoms with E-state index in [-0.39, 0.29) is 11.9 Å². The van der Waals surface area contributed by atoms with Crippen molar-refractivity contribution in [2.24, 2.45) is 0 Å². The normalized spacial score (nSPS) is 16.5. The maximum atomic E-state index is 11.9. The second kappa shape index (κ2) is 5.76. The number of carbonyl (C=O) groups excluding carboxylic acids is 1. The van der Waals surface area contributed by atoms with Crippen LogP contribution in [0.5, 0.6) is 11.5 Å². The average molecular weight is 303 g/mol. The van der Waals surface area contributed by atoms with Gasteiger partial charge in [-0.3, -0.25) is 4.79 Å². The number of benzene rings is 2. The highest BCUT2D eigenvalue weighted by molar-refractivity contribution is 6.30. The van der Waals surface area contributed by atoms with Gasteiger partial charge in [-0.05, 0) is 36.9 Å². The quantitative estimate of drug-likeness (QED) is 0.904. The topological polar surface area (TPSA) is 50.4 Å². The van der Waals surface area contributed by atoms with Crippen molar-refractivity contribution in [1.82, 2.24) is 5.32 Å². The monoisotopic (exact) mass is 302 g/mol. The molecular formula is C16H15ClN2O2. The van der Waals surface area contributed by atoms with Gasteiger partial charge in [0.2, 0.25) is 5.91 Å². The maximum absolute atomic E-state index is 11.9. The molecule has 5 heteroatoms. The minimum Gasteiger partial charge on any atom is -0.457 e. The molecule has 0 saturated heterocycles. The van der Waals surface area contributed by atoms with Gasteiger partial charge in [0, 0.05) is 22.3 Å². The molecule has 0 saturated carbocycles. The van der Waals surface area contributed by atoms with E-state index in [1.165, 1.54) is 0 Å². The minimum absolute atomic E-state index is 0.0320. The number of hydrogen-bond donors (Lipinski definition) is 2. The van der Waals surface area contributed by atoms with Crippen LogP contribution in [0, 0.1) is 0 Å². The number of hydrogen-bond acceptors (Lipinski definition) is 3. The summed E-state index contributed by atoms with van der Waals surface area (Å²) >= 11 is 5.84. The summed E-state index contributed by atoms with van der Waals surface area (Å²) in [6.07, 6.45) is 0. The van der Waals surface area contributed by atoms with Gasteiger partial charge in [0.25, 0.3) is 0 Å². The van der Waals surface area contributed by atoms with Crippen molar-refractivity contribution in [2.45, 2.75) is 13.0 Å². The lowest BCUT2D eigenvalue weighted by Gasteiger charge is -2.10. The molecule has 0 radical (unpaired) electrons. The van der Waals surface area contributed by atoms with E-state index < -0.39 is 0 Å². The summed E-state index contributed by atoms with van der Waals surface area (Å²) in [4.78, 5) is 11.9. The second-order valence-electron chi connectivity index (χ2n) is 4.78. The van der Waals surface area contributed by atoms with Gasteiger partial charge in [-0.2, -0.15) is 0 Å². The van der Waals surface area contributed by atoms with Crippen molar-refractivity contribution in [3.63, 3.8) is 0 Å². The number of halogens is 1. The number of rotatable bonds is 4. The number of fused-ring (bicyclic) bond motifs is 1. The van der Waals surface area contributed by atoms with Crippen molar-refractivity contribution in [1.29, 1.82) is 0 Å². The molecule has 1 aliphatic rings. The van der Waals surface area contributed by atoms with Crippen LogP contribution in [0.25, 0.3) is 0 Å². The average Bonchev–Trinajstić information content (AvgIpc) is 2.78. The molecule has 21 heavy (non-hydrogen) atoms. The van der Waals surface area contributed by atoms with Gasteiger partial charge in [-0.1, -0.05) is 24.6 Å². The van der Waals surface area contributed by atoms with Crippen LogP contribution in [0.3, 0.4) is 0 Å². The predicted molar refractivity (Wildman–Crippen MR) is 83.0 cm³/mol. The van der Waals surface area contributed by atoms with Crippen LogP contribution < -0.4 is 15.4 Å². The molecule has 1 amide bonds. The Bertz CT molecular complexity index is 670. The third-order valence-corrected chi connectivity index (χ3v) is 3.57. The standard InChI is InChI=1S/C16H15ClN2O2/c1-2-18-15-13-8-7-12(9-14(13)19-16(15)20)21-11-5-3-10(17)4-6-11/h3-9,15,18H,2H2,1H3,(H,19,20). The molecule has 1 unspecified atom stereocenters. The molecule has 2 N–H and O–H groups in total. The fourth-order valence-electron chi connectivity index (χ4n) is 2.35. The molecule has 2 aromatic rings. The highest BCUT2D eigenvalue weighted by atomic mass is 35.5. The van der Waals surface area contributed by atoms with E-state index in [9.17, 15) is 4.79 Å². The lowest BCUT2D eigenvalue weighted by molar-refractivity contribution is -0.117. The Balaban J connectivity index is 1.82. The fraction of sp³-hybridized carbons (Fsp3) is 0.188. The largest absolute Gasteiger partial charge is 0.457 e. The van der Waals surface area contributed by atoms with Crippen molar-refractivity contribution < 1.29 is 9.53 Å². The van der Waals surface area contributed by atoms with Crippen molar-refractivity contribution in [3.8, 4) is 11.5 Å². The summed E-state index contributed by atoms with van der Waals surface area (Å²) in [6, 6.07) is 12.5. The number of anilines is 1. The zero-order valence-corrected chi connectivity index (χ0v) is 12.3. The molecule has 1 heterocycles. The minimum atomic E-state index is -0.283. The van der Waals surface area contributed by atoms with Crippen LogP contribution in [-0.4, -0.2) is 12.5 Å². The highest BCUT2D eigenvalue weighted by Gasteiger charge is 2.29. The van der Waals surface area contributed by atoms with Crippen molar-refractivity contribution >= 4 is 23.2 Å². The summed E-state index contributed by atoms with van der Waals surface area (Å²) in [5, 5.41) is 6.69. The third-order valence-electron chi connectivity index (χ3n) is 3.31. The van der Waals surface area contributed by atoms with Gasteiger partial charge < -0.3 is 15.4 Å². The second-order valence-corrected chi connectivity index (χ2v) is 5.22. The fourth-order valence-corrected chi connectivity index (χ4v) is 2.48. The lowest BCUT2D eigenvalue weighted by atomic mass is 10.1. The van der Waals surface area contributed by atoms with Crippen molar-refractivity contribution in [3.05, 3.63) is 53.1 Å². The van der Waals surface area contributed by atoms with Crippen LogP contribution in [-0.2, 0) is 4.79 Å². The van der Waals surface area contributed by atoms with E-state index in [1.54, 1.807) is 24.3 Å². The van der Waals surface area contributed by atoms with Crippen LogP contribution in [0.1, 0.15) is 18.5 Å². The number of likely N-dealkylation sites (N-methyl/N-ethyl adjacent to an activating group) is 1. The molecule has 0 aromatic heterocycles. The summed E-state index contributed by atoms with van der Waals surface area (Å²) in [5.74, 6) is 1.34. The summed E-state index contributed by atoms with van der Waals surface area (Å²) in [5.41, 5.74) is 1.74. The maximum Gasteiger partial charge on any atom is 0.246 e. The molecule has 4 nitrogen and oxygen atoms in total. The Kier molecular flexibility index (Phi) is 3.82. The first-order chi connectivity index (χ1) is 10.2. The lowest BCUT2D eigenvalue weighted by Crippen LogP contribution is -2.27. The number of ether oxygens (including phenoxy) is 1. The molecular weight excluding hydrogens is 288 g/mol. The number of amides is 1. The SMILES string of the molecule is CCNC1C(=O)Nc2cc(Oc3ccc(Cl)cc3)ccc21. The summed E-state index contributed by atoms with van der Waals surface area (Å²) < 4.78 is 5.76. The van der Waals surface area contributed by atoms with Crippen LogP contribution >= 0.6 is 11.6 Å². The van der Waals surface area contributed by atoms with E-state index in [1.807, 2.05) is 25.1 Å². The molecule has 1 aliphatic heterocycles. The smallest absolute Gasteiger partial charge is 0.246 e. The Labute approximate surface area is 128 Å². The third kappa shape index (κ3) is 2.86. The van der Waals surface area contributed by atoms with Gasteiger partial charge in [0.1, 0.15) is 17.5 Å². The Morgan fingerprint density at radius 1 is 1.19 bits per heavy atom. The number of nitrogens with one attached hydrogen (secondary N) is 2. The first-order valence-electron chi connectivity index (χ1n) is 6.79. The van der Waals surface area contributed by atoms with E-state index in [2.05, 4.69) is 10.6 Å². The summed E-state index contributed by atoms with van der Waals surface area (Å²) in [7, 11) is 0. The van der Waals surface area contributed by atoms with E-state index in [0.29, 0.717) is 16.5 Å². The van der Waals surface area contributed by atoms with Crippen molar-refractivity contribution in [2.75, 3.05) is 11.9 Å². The zero-order chi connectivity index (χ0) is 14.8. The van der Waals surface area contributed by atoms with Gasteiger partial charge in [-0.25, -0.2) is 0 Å². The highest BCUT2D eigenvalue weighted by Crippen LogP contribution is 2.35. The Morgan fingerprint density at radius 2 is 1.90 bits per heavy atom. The molecule has 0 aliphatic carbocycles. The van der Waals surface area contributed by atoms with Gasteiger partial charge in [0.15, 0.2) is 0 Å². The summed E-state index contributed by atoms with van der Waals surface area (Å²) in [6.45, 7) is 2.71.